The number of nitro benzene ring substituents is 1. The van der Waals surface area contributed by atoms with Crippen LogP contribution in [-0.2, 0) is 10.0 Å². The monoisotopic (exact) mass is 334 g/mol. The number of rotatable bonds is 5. The molecule has 0 heterocycles. The van der Waals surface area contributed by atoms with Crippen molar-refractivity contribution in [3.63, 3.8) is 0 Å². The number of hydrogen-bond donors (Lipinski definition) is 0. The van der Waals surface area contributed by atoms with E-state index in [0.717, 1.165) is 5.56 Å². The van der Waals surface area contributed by atoms with Gasteiger partial charge in [0.25, 0.3) is 15.7 Å². The summed E-state index contributed by atoms with van der Waals surface area (Å²) >= 11 is 0. The largest absolute Gasteiger partial charge is 0.271 e. The van der Waals surface area contributed by atoms with Gasteiger partial charge in [0, 0.05) is 18.7 Å². The van der Waals surface area contributed by atoms with E-state index >= 15 is 0 Å². The van der Waals surface area contributed by atoms with Crippen molar-refractivity contribution in [1.82, 2.24) is 0 Å². The Morgan fingerprint density at radius 1 is 1.09 bits per heavy atom. The van der Waals surface area contributed by atoms with Crippen LogP contribution in [0.2, 0.25) is 0 Å². The molecule has 7 heteroatoms. The highest BCUT2D eigenvalue weighted by Crippen LogP contribution is 2.30. The molecular weight excluding hydrogens is 316 g/mol. The smallest absolute Gasteiger partial charge is 0.266 e. The molecule has 2 rings (SSSR count). The maximum atomic E-state index is 12.9. The van der Waals surface area contributed by atoms with E-state index in [4.69, 9.17) is 0 Å². The number of sulfonamides is 1. The maximum Gasteiger partial charge on any atom is 0.271 e. The third-order valence-electron chi connectivity index (χ3n) is 3.57. The fourth-order valence-electron chi connectivity index (χ4n) is 2.29. The standard InChI is InChI=1S/C16H18N2O4S/c1-4-17(16-11-14(18(19)20)8-7-13(16)3)23(21,22)15-9-5-12(2)6-10-15/h5-11H,4H2,1-3H3. The molecule has 0 N–H and O–H groups in total. The molecule has 23 heavy (non-hydrogen) atoms. The Kier molecular flexibility index (Phi) is 4.70. The van der Waals surface area contributed by atoms with Crippen LogP contribution in [0.4, 0.5) is 11.4 Å². The molecule has 122 valence electrons. The lowest BCUT2D eigenvalue weighted by Gasteiger charge is -2.24. The van der Waals surface area contributed by atoms with Crippen molar-refractivity contribution in [2.45, 2.75) is 25.7 Å². The summed E-state index contributed by atoms with van der Waals surface area (Å²) in [6.07, 6.45) is 0. The average molecular weight is 334 g/mol. The Morgan fingerprint density at radius 3 is 2.22 bits per heavy atom. The van der Waals surface area contributed by atoms with E-state index in [2.05, 4.69) is 0 Å². The van der Waals surface area contributed by atoms with Gasteiger partial charge in [0.05, 0.1) is 15.5 Å². The van der Waals surface area contributed by atoms with E-state index in [0.29, 0.717) is 11.3 Å². The Hall–Kier alpha value is -2.41. The second-order valence-corrected chi connectivity index (χ2v) is 7.07. The average Bonchev–Trinajstić information content (AvgIpc) is 2.49. The van der Waals surface area contributed by atoms with Gasteiger partial charge in [-0.2, -0.15) is 0 Å². The number of benzene rings is 2. The summed E-state index contributed by atoms with van der Waals surface area (Å²) in [4.78, 5) is 10.6. The number of non-ortho nitro benzene ring substituents is 1. The molecule has 2 aromatic rings. The summed E-state index contributed by atoms with van der Waals surface area (Å²) in [5.74, 6) is 0. The zero-order valence-corrected chi connectivity index (χ0v) is 14.0. The molecule has 0 saturated carbocycles. The summed E-state index contributed by atoms with van der Waals surface area (Å²) in [7, 11) is -3.78. The van der Waals surface area contributed by atoms with Crippen molar-refractivity contribution in [2.24, 2.45) is 0 Å². The molecule has 0 aliphatic heterocycles. The van der Waals surface area contributed by atoms with E-state index in [9.17, 15) is 18.5 Å². The maximum absolute atomic E-state index is 12.9. The van der Waals surface area contributed by atoms with Crippen molar-refractivity contribution in [1.29, 1.82) is 0 Å². The molecule has 0 aromatic heterocycles. The highest BCUT2D eigenvalue weighted by atomic mass is 32.2. The molecular formula is C16H18N2O4S. The normalized spacial score (nSPS) is 11.3. The molecule has 0 aliphatic rings. The number of nitro groups is 1. The van der Waals surface area contributed by atoms with Gasteiger partial charge in [-0.15, -0.1) is 0 Å². The number of anilines is 1. The lowest BCUT2D eigenvalue weighted by molar-refractivity contribution is -0.384. The molecule has 0 saturated heterocycles. The third kappa shape index (κ3) is 3.34. The van der Waals surface area contributed by atoms with Crippen LogP contribution in [0, 0.1) is 24.0 Å². The minimum Gasteiger partial charge on any atom is -0.266 e. The zero-order valence-electron chi connectivity index (χ0n) is 13.2. The van der Waals surface area contributed by atoms with E-state index in [1.807, 2.05) is 6.92 Å². The van der Waals surface area contributed by atoms with E-state index in [-0.39, 0.29) is 17.1 Å². The van der Waals surface area contributed by atoms with E-state index in [1.54, 1.807) is 44.2 Å². The lowest BCUT2D eigenvalue weighted by atomic mass is 10.2. The first-order valence-corrected chi connectivity index (χ1v) is 8.56. The summed E-state index contributed by atoms with van der Waals surface area (Å²) in [5.41, 5.74) is 1.80. The van der Waals surface area contributed by atoms with Gasteiger partial charge in [-0.3, -0.25) is 14.4 Å². The predicted molar refractivity (Wildman–Crippen MR) is 89.2 cm³/mol. The first kappa shape index (κ1) is 17.0. The van der Waals surface area contributed by atoms with Crippen LogP contribution in [0.25, 0.3) is 0 Å². The molecule has 0 amide bonds. The molecule has 0 atom stereocenters. The summed E-state index contributed by atoms with van der Waals surface area (Å²) in [6.45, 7) is 5.48. The topological polar surface area (TPSA) is 80.5 Å². The van der Waals surface area contributed by atoms with Crippen LogP contribution in [0.5, 0.6) is 0 Å². The molecule has 2 aromatic carbocycles. The van der Waals surface area contributed by atoms with Gasteiger partial charge >= 0.3 is 0 Å². The predicted octanol–water partition coefficient (Wildman–Crippen LogP) is 3.43. The van der Waals surface area contributed by atoms with E-state index in [1.165, 1.54) is 16.4 Å². The highest BCUT2D eigenvalue weighted by Gasteiger charge is 2.26. The van der Waals surface area contributed by atoms with Crippen molar-refractivity contribution < 1.29 is 13.3 Å². The summed E-state index contributed by atoms with van der Waals surface area (Å²) in [6, 6.07) is 10.7. The Balaban J connectivity index is 2.57. The fourth-order valence-corrected chi connectivity index (χ4v) is 3.82. The molecule has 0 unspecified atom stereocenters. The molecule has 0 aliphatic carbocycles. The second kappa shape index (κ2) is 6.37. The second-order valence-electron chi connectivity index (χ2n) is 5.21. The molecule has 0 fully saturated rings. The minimum atomic E-state index is -3.78. The SMILES string of the molecule is CCN(c1cc([N+](=O)[O-])ccc1C)S(=O)(=O)c1ccc(C)cc1. The first-order chi connectivity index (χ1) is 10.8. The van der Waals surface area contributed by atoms with Gasteiger partial charge in [-0.25, -0.2) is 8.42 Å². The zero-order chi connectivity index (χ0) is 17.2. The van der Waals surface area contributed by atoms with Crippen LogP contribution in [0.1, 0.15) is 18.1 Å². The van der Waals surface area contributed by atoms with Gasteiger partial charge in [0.1, 0.15) is 0 Å². The fraction of sp³-hybridized carbons (Fsp3) is 0.250. The molecule has 0 spiro atoms. The van der Waals surface area contributed by atoms with Gasteiger partial charge in [-0.05, 0) is 38.5 Å². The lowest BCUT2D eigenvalue weighted by Crippen LogP contribution is -2.31. The van der Waals surface area contributed by atoms with Crippen LogP contribution < -0.4 is 4.31 Å². The summed E-state index contributed by atoms with van der Waals surface area (Å²) < 4.78 is 26.9. The van der Waals surface area contributed by atoms with Crippen LogP contribution >= 0.6 is 0 Å². The number of aryl methyl sites for hydroxylation is 2. The molecule has 0 radical (unpaired) electrons. The Labute approximate surface area is 135 Å². The van der Waals surface area contributed by atoms with Gasteiger partial charge in [0.15, 0.2) is 0 Å². The quantitative estimate of drug-likeness (QED) is 0.620. The van der Waals surface area contributed by atoms with Crippen molar-refractivity contribution in [3.05, 3.63) is 63.7 Å². The Bertz CT molecular complexity index is 830. The first-order valence-electron chi connectivity index (χ1n) is 7.12. The van der Waals surface area contributed by atoms with E-state index < -0.39 is 14.9 Å². The third-order valence-corrected chi connectivity index (χ3v) is 5.47. The van der Waals surface area contributed by atoms with Crippen molar-refractivity contribution in [2.75, 3.05) is 10.8 Å². The number of nitrogens with zero attached hydrogens (tertiary/aromatic N) is 2. The minimum absolute atomic E-state index is 0.136. The van der Waals surface area contributed by atoms with Gasteiger partial charge in [-0.1, -0.05) is 23.8 Å². The van der Waals surface area contributed by atoms with Gasteiger partial charge < -0.3 is 0 Å². The highest BCUT2D eigenvalue weighted by molar-refractivity contribution is 7.92. The number of hydrogen-bond acceptors (Lipinski definition) is 4. The molecule has 6 nitrogen and oxygen atoms in total. The molecule has 0 bridgehead atoms. The summed E-state index contributed by atoms with van der Waals surface area (Å²) in [5, 5.41) is 11.0. The van der Waals surface area contributed by atoms with Crippen molar-refractivity contribution >= 4 is 21.4 Å². The van der Waals surface area contributed by atoms with Crippen LogP contribution in [-0.4, -0.2) is 19.9 Å². The van der Waals surface area contributed by atoms with Crippen LogP contribution in [0.15, 0.2) is 47.4 Å². The van der Waals surface area contributed by atoms with Crippen LogP contribution in [0.3, 0.4) is 0 Å². The Morgan fingerprint density at radius 2 is 1.70 bits per heavy atom. The van der Waals surface area contributed by atoms with Crippen molar-refractivity contribution in [3.8, 4) is 0 Å². The van der Waals surface area contributed by atoms with Gasteiger partial charge in [0.2, 0.25) is 0 Å².